The fraction of sp³-hybridized carbons (Fsp3) is 0.538. The van der Waals surface area contributed by atoms with Gasteiger partial charge in [0.2, 0.25) is 5.91 Å². The molecular formula is C13H17N5O3. The van der Waals surface area contributed by atoms with Crippen LogP contribution in [0.1, 0.15) is 12.8 Å². The van der Waals surface area contributed by atoms with E-state index in [1.165, 1.54) is 21.8 Å². The quantitative estimate of drug-likeness (QED) is 0.796. The second kappa shape index (κ2) is 5.65. The summed E-state index contributed by atoms with van der Waals surface area (Å²) in [7, 11) is 0. The molecule has 1 N–H and O–H groups in total. The first-order chi connectivity index (χ1) is 10.2. The molecule has 0 unspecified atom stereocenters. The van der Waals surface area contributed by atoms with E-state index in [4.69, 9.17) is 5.11 Å². The van der Waals surface area contributed by atoms with Crippen LogP contribution in [0.3, 0.4) is 0 Å². The van der Waals surface area contributed by atoms with Crippen LogP contribution in [0.15, 0.2) is 17.3 Å². The van der Waals surface area contributed by atoms with Crippen molar-refractivity contribution in [3.05, 3.63) is 22.9 Å². The number of likely N-dealkylation sites (tertiary alicyclic amines) is 1. The van der Waals surface area contributed by atoms with Gasteiger partial charge >= 0.3 is 0 Å². The fourth-order valence-corrected chi connectivity index (χ4v) is 2.58. The minimum atomic E-state index is -0.281. The molecule has 1 aliphatic rings. The summed E-state index contributed by atoms with van der Waals surface area (Å²) in [5, 5.41) is 13.3. The average Bonchev–Trinajstić information content (AvgIpc) is 3.12. The number of aliphatic hydroxyl groups is 1. The highest BCUT2D eigenvalue weighted by molar-refractivity contribution is 5.77. The maximum atomic E-state index is 12.3. The first-order valence-corrected chi connectivity index (χ1v) is 7.00. The number of fused-ring (bicyclic) bond motifs is 1. The van der Waals surface area contributed by atoms with Gasteiger partial charge in [-0.1, -0.05) is 0 Å². The number of rotatable bonds is 4. The molecule has 1 aliphatic heterocycles. The smallest absolute Gasteiger partial charge is 0.264 e. The molecule has 8 nitrogen and oxygen atoms in total. The van der Waals surface area contributed by atoms with E-state index >= 15 is 0 Å². The van der Waals surface area contributed by atoms with E-state index in [1.54, 1.807) is 4.90 Å². The number of aromatic nitrogens is 4. The van der Waals surface area contributed by atoms with Gasteiger partial charge in [0.05, 0.1) is 19.3 Å². The van der Waals surface area contributed by atoms with Crippen LogP contribution in [0, 0.1) is 0 Å². The molecular weight excluding hydrogens is 274 g/mol. The first-order valence-electron chi connectivity index (χ1n) is 7.00. The SMILES string of the molecule is O=C(Cn1cnc2c(cnn2CCO)c1=O)N1CCCC1. The van der Waals surface area contributed by atoms with Gasteiger partial charge in [-0.2, -0.15) is 5.10 Å². The van der Waals surface area contributed by atoms with Crippen LogP contribution in [0.4, 0.5) is 0 Å². The van der Waals surface area contributed by atoms with E-state index in [0.29, 0.717) is 11.0 Å². The van der Waals surface area contributed by atoms with E-state index in [-0.39, 0.29) is 31.2 Å². The number of carbonyl (C=O) groups is 1. The van der Waals surface area contributed by atoms with Gasteiger partial charge in [-0.05, 0) is 12.8 Å². The lowest BCUT2D eigenvalue weighted by atomic mass is 10.4. The van der Waals surface area contributed by atoms with Crippen LogP contribution < -0.4 is 5.56 Å². The Morgan fingerprint density at radius 2 is 2.10 bits per heavy atom. The van der Waals surface area contributed by atoms with E-state index < -0.39 is 0 Å². The van der Waals surface area contributed by atoms with Crippen LogP contribution in [0.25, 0.3) is 11.0 Å². The molecule has 0 saturated carbocycles. The molecule has 3 rings (SSSR count). The molecule has 8 heteroatoms. The zero-order valence-electron chi connectivity index (χ0n) is 11.6. The van der Waals surface area contributed by atoms with Gasteiger partial charge < -0.3 is 10.0 Å². The Labute approximate surface area is 120 Å². The zero-order chi connectivity index (χ0) is 14.8. The van der Waals surface area contributed by atoms with Gasteiger partial charge in [0.25, 0.3) is 5.56 Å². The van der Waals surface area contributed by atoms with Crippen molar-refractivity contribution in [3.8, 4) is 0 Å². The molecule has 0 aromatic carbocycles. The van der Waals surface area contributed by atoms with E-state index in [9.17, 15) is 9.59 Å². The predicted octanol–water partition coefficient (Wildman–Crippen LogP) is -0.792. The van der Waals surface area contributed by atoms with Gasteiger partial charge in [-0.15, -0.1) is 0 Å². The molecule has 1 amide bonds. The first kappa shape index (κ1) is 13.7. The van der Waals surface area contributed by atoms with Crippen molar-refractivity contribution in [2.45, 2.75) is 25.9 Å². The molecule has 0 bridgehead atoms. The predicted molar refractivity (Wildman–Crippen MR) is 74.7 cm³/mol. The minimum absolute atomic E-state index is 0.00690. The summed E-state index contributed by atoms with van der Waals surface area (Å²) in [6.07, 6.45) is 4.84. The highest BCUT2D eigenvalue weighted by Crippen LogP contribution is 2.09. The molecule has 112 valence electrons. The lowest BCUT2D eigenvalue weighted by molar-refractivity contribution is -0.130. The summed E-state index contributed by atoms with van der Waals surface area (Å²) in [6.45, 7) is 1.74. The average molecular weight is 291 g/mol. The normalized spacial score (nSPS) is 15.0. The third-order valence-electron chi connectivity index (χ3n) is 3.70. The van der Waals surface area contributed by atoms with E-state index in [2.05, 4.69) is 10.1 Å². The number of carbonyl (C=O) groups excluding carboxylic acids is 1. The molecule has 1 fully saturated rings. The van der Waals surface area contributed by atoms with E-state index in [0.717, 1.165) is 25.9 Å². The van der Waals surface area contributed by atoms with Crippen molar-refractivity contribution in [3.63, 3.8) is 0 Å². The second-order valence-electron chi connectivity index (χ2n) is 5.09. The van der Waals surface area contributed by atoms with Crippen LogP contribution in [-0.2, 0) is 17.9 Å². The number of nitrogens with zero attached hydrogens (tertiary/aromatic N) is 5. The molecule has 2 aromatic rings. The van der Waals surface area contributed by atoms with Gasteiger partial charge in [0, 0.05) is 13.1 Å². The summed E-state index contributed by atoms with van der Waals surface area (Å²) >= 11 is 0. The second-order valence-corrected chi connectivity index (χ2v) is 5.09. The Morgan fingerprint density at radius 3 is 2.81 bits per heavy atom. The Bertz CT molecular complexity index is 714. The van der Waals surface area contributed by atoms with Gasteiger partial charge in [-0.3, -0.25) is 14.2 Å². The minimum Gasteiger partial charge on any atom is -0.394 e. The Hall–Kier alpha value is -2.22. The summed E-state index contributed by atoms with van der Waals surface area (Å²) < 4.78 is 2.79. The van der Waals surface area contributed by atoms with Crippen LogP contribution in [0.2, 0.25) is 0 Å². The molecule has 21 heavy (non-hydrogen) atoms. The lowest BCUT2D eigenvalue weighted by Gasteiger charge is -2.15. The Morgan fingerprint density at radius 1 is 1.33 bits per heavy atom. The molecule has 0 spiro atoms. The molecule has 1 saturated heterocycles. The summed E-state index contributed by atoms with van der Waals surface area (Å²) in [5.41, 5.74) is 0.149. The largest absolute Gasteiger partial charge is 0.394 e. The lowest BCUT2D eigenvalue weighted by Crippen LogP contribution is -2.34. The van der Waals surface area contributed by atoms with Crippen molar-refractivity contribution in [2.24, 2.45) is 0 Å². The van der Waals surface area contributed by atoms with Crippen molar-refractivity contribution in [1.29, 1.82) is 0 Å². The number of hydrogen-bond donors (Lipinski definition) is 1. The number of hydrogen-bond acceptors (Lipinski definition) is 5. The van der Waals surface area contributed by atoms with Gasteiger partial charge in [0.15, 0.2) is 5.65 Å². The maximum Gasteiger partial charge on any atom is 0.264 e. The van der Waals surface area contributed by atoms with Crippen LogP contribution >= 0.6 is 0 Å². The Balaban J connectivity index is 1.88. The summed E-state index contributed by atoms with van der Waals surface area (Å²) in [6, 6.07) is 0. The number of amides is 1. The highest BCUT2D eigenvalue weighted by Gasteiger charge is 2.19. The molecule has 0 aliphatic carbocycles. The Kier molecular flexibility index (Phi) is 3.70. The van der Waals surface area contributed by atoms with Crippen molar-refractivity contribution < 1.29 is 9.90 Å². The van der Waals surface area contributed by atoms with Crippen molar-refractivity contribution in [2.75, 3.05) is 19.7 Å². The molecule has 2 aromatic heterocycles. The van der Waals surface area contributed by atoms with Crippen LogP contribution in [-0.4, -0.2) is 54.9 Å². The van der Waals surface area contributed by atoms with Gasteiger partial charge in [0.1, 0.15) is 18.3 Å². The van der Waals surface area contributed by atoms with Crippen molar-refractivity contribution >= 4 is 16.9 Å². The molecule has 0 radical (unpaired) electrons. The van der Waals surface area contributed by atoms with Gasteiger partial charge in [-0.25, -0.2) is 9.67 Å². The highest BCUT2D eigenvalue weighted by atomic mass is 16.3. The van der Waals surface area contributed by atoms with Crippen molar-refractivity contribution in [1.82, 2.24) is 24.2 Å². The van der Waals surface area contributed by atoms with E-state index in [1.807, 2.05) is 0 Å². The standard InChI is InChI=1S/C13H17N5O3/c19-6-5-18-12-10(7-15-18)13(21)17(9-14-12)8-11(20)16-3-1-2-4-16/h7,9,19H,1-6,8H2. The maximum absolute atomic E-state index is 12.3. The number of aliphatic hydroxyl groups excluding tert-OH is 1. The zero-order valence-corrected chi connectivity index (χ0v) is 11.6. The summed E-state index contributed by atoms with van der Waals surface area (Å²) in [5.74, 6) is -0.0569. The third-order valence-corrected chi connectivity index (χ3v) is 3.70. The third kappa shape index (κ3) is 2.54. The topological polar surface area (TPSA) is 93.2 Å². The molecule has 0 atom stereocenters. The monoisotopic (exact) mass is 291 g/mol. The molecule has 3 heterocycles. The van der Waals surface area contributed by atoms with Crippen LogP contribution in [0.5, 0.6) is 0 Å². The summed E-state index contributed by atoms with van der Waals surface area (Å²) in [4.78, 5) is 30.4. The fourth-order valence-electron chi connectivity index (χ4n) is 2.58.